The number of nitrogens with one attached hydrogen (secondary N) is 1. The Bertz CT molecular complexity index is 946. The van der Waals surface area contributed by atoms with Crippen LogP contribution in [0.5, 0.6) is 5.75 Å². The van der Waals surface area contributed by atoms with Gasteiger partial charge in [-0.3, -0.25) is 9.59 Å². The molecule has 4 rings (SSSR count). The number of likely N-dealkylation sites (tertiary alicyclic amines) is 1. The van der Waals surface area contributed by atoms with Crippen LogP contribution in [0, 0.1) is 0 Å². The summed E-state index contributed by atoms with van der Waals surface area (Å²) in [6, 6.07) is 16.2. The number of carbonyl (C=O) groups excluding carboxylic acids is 2. The van der Waals surface area contributed by atoms with E-state index in [-0.39, 0.29) is 17.1 Å². The van der Waals surface area contributed by atoms with Crippen molar-refractivity contribution in [3.63, 3.8) is 0 Å². The standard InChI is InChI=1S/C26H32N2O3/c1-20(29)26(21-8-4-3-5-9-21)14-17-28(2,18-15-26)16-7-19-31-24-11-6-10-23-22(24)12-13-25(30)27-23/h3-6,8-11H,7,12-19H2,1-2H3/p+1. The van der Waals surface area contributed by atoms with Gasteiger partial charge in [-0.25, -0.2) is 0 Å². The van der Waals surface area contributed by atoms with Gasteiger partial charge in [0.1, 0.15) is 11.5 Å². The van der Waals surface area contributed by atoms with Crippen LogP contribution in [0.2, 0.25) is 0 Å². The zero-order valence-electron chi connectivity index (χ0n) is 18.7. The SMILES string of the molecule is CC(=O)C1(c2ccccc2)CC[N+](C)(CCCOc2cccc3c2CCC(=O)N3)CC1. The smallest absolute Gasteiger partial charge is 0.224 e. The molecule has 5 heteroatoms. The Morgan fingerprint density at radius 2 is 1.81 bits per heavy atom. The number of quaternary nitrogens is 1. The van der Waals surface area contributed by atoms with E-state index in [9.17, 15) is 9.59 Å². The highest BCUT2D eigenvalue weighted by Gasteiger charge is 2.44. The first-order chi connectivity index (χ1) is 14.9. The molecule has 1 fully saturated rings. The van der Waals surface area contributed by atoms with E-state index < -0.39 is 0 Å². The molecule has 164 valence electrons. The summed E-state index contributed by atoms with van der Waals surface area (Å²) >= 11 is 0. The van der Waals surface area contributed by atoms with Crippen molar-refractivity contribution >= 4 is 17.4 Å². The molecule has 0 spiro atoms. The molecule has 2 heterocycles. The van der Waals surface area contributed by atoms with Crippen LogP contribution in [0.1, 0.15) is 43.7 Å². The molecule has 0 aromatic heterocycles. The lowest BCUT2D eigenvalue weighted by molar-refractivity contribution is -0.915. The average Bonchev–Trinajstić information content (AvgIpc) is 2.78. The lowest BCUT2D eigenvalue weighted by atomic mass is 9.69. The highest BCUT2D eigenvalue weighted by Crippen LogP contribution is 2.38. The number of carbonyl (C=O) groups is 2. The van der Waals surface area contributed by atoms with Crippen LogP contribution in [0.15, 0.2) is 48.5 Å². The molecule has 0 aliphatic carbocycles. The summed E-state index contributed by atoms with van der Waals surface area (Å²) in [6.45, 7) is 5.45. The lowest BCUT2D eigenvalue weighted by Crippen LogP contribution is -2.56. The molecule has 1 N–H and O–H groups in total. The van der Waals surface area contributed by atoms with Crippen molar-refractivity contribution in [3.8, 4) is 5.75 Å². The zero-order chi connectivity index (χ0) is 21.9. The van der Waals surface area contributed by atoms with Crippen molar-refractivity contribution in [2.45, 2.75) is 44.4 Å². The first-order valence-electron chi connectivity index (χ1n) is 11.4. The van der Waals surface area contributed by atoms with Gasteiger partial charge in [0.25, 0.3) is 0 Å². The normalized spacial score (nSPS) is 25.4. The van der Waals surface area contributed by atoms with Gasteiger partial charge in [0.15, 0.2) is 0 Å². The van der Waals surface area contributed by atoms with E-state index in [0.717, 1.165) is 72.4 Å². The second-order valence-electron chi connectivity index (χ2n) is 9.33. The van der Waals surface area contributed by atoms with Crippen LogP contribution in [0.3, 0.4) is 0 Å². The predicted octanol–water partition coefficient (Wildman–Crippen LogP) is 4.11. The predicted molar refractivity (Wildman–Crippen MR) is 122 cm³/mol. The Kier molecular flexibility index (Phi) is 6.15. The van der Waals surface area contributed by atoms with E-state index in [2.05, 4.69) is 24.5 Å². The van der Waals surface area contributed by atoms with Crippen molar-refractivity contribution < 1.29 is 18.8 Å². The number of hydrogen-bond donors (Lipinski definition) is 1. The lowest BCUT2D eigenvalue weighted by Gasteiger charge is -2.45. The van der Waals surface area contributed by atoms with Crippen molar-refractivity contribution in [1.29, 1.82) is 0 Å². The number of benzene rings is 2. The number of amides is 1. The van der Waals surface area contributed by atoms with E-state index >= 15 is 0 Å². The van der Waals surface area contributed by atoms with Crippen LogP contribution in [-0.4, -0.2) is 49.5 Å². The van der Waals surface area contributed by atoms with Crippen LogP contribution in [0.4, 0.5) is 5.69 Å². The topological polar surface area (TPSA) is 55.4 Å². The van der Waals surface area contributed by atoms with Gasteiger partial charge >= 0.3 is 0 Å². The highest BCUT2D eigenvalue weighted by atomic mass is 16.5. The van der Waals surface area contributed by atoms with E-state index in [1.807, 2.05) is 36.4 Å². The second-order valence-corrected chi connectivity index (χ2v) is 9.33. The molecule has 0 atom stereocenters. The Morgan fingerprint density at radius 3 is 2.52 bits per heavy atom. The van der Waals surface area contributed by atoms with E-state index in [1.165, 1.54) is 0 Å². The molecule has 2 aromatic rings. The number of ether oxygens (including phenoxy) is 1. The Hall–Kier alpha value is -2.66. The number of fused-ring (bicyclic) bond motifs is 1. The average molecular weight is 422 g/mol. The second kappa shape index (κ2) is 8.83. The maximum Gasteiger partial charge on any atom is 0.224 e. The van der Waals surface area contributed by atoms with Gasteiger partial charge in [-0.05, 0) is 31.0 Å². The molecule has 0 unspecified atom stereocenters. The zero-order valence-corrected chi connectivity index (χ0v) is 18.7. The third kappa shape index (κ3) is 4.52. The molecule has 1 saturated heterocycles. The van der Waals surface area contributed by atoms with E-state index in [0.29, 0.717) is 13.0 Å². The van der Waals surface area contributed by atoms with Gasteiger partial charge in [0.2, 0.25) is 5.91 Å². The minimum Gasteiger partial charge on any atom is -0.493 e. The maximum atomic E-state index is 12.6. The fraction of sp³-hybridized carbons (Fsp3) is 0.462. The number of piperidine rings is 1. The molecular formula is C26H33N2O3+. The number of hydrogen-bond acceptors (Lipinski definition) is 3. The molecule has 31 heavy (non-hydrogen) atoms. The summed E-state index contributed by atoms with van der Waals surface area (Å²) in [4.78, 5) is 24.2. The third-order valence-electron chi connectivity index (χ3n) is 7.27. The first kappa shape index (κ1) is 21.6. The fourth-order valence-electron chi connectivity index (χ4n) is 5.14. The quantitative estimate of drug-likeness (QED) is 0.541. The largest absolute Gasteiger partial charge is 0.493 e. The first-order valence-corrected chi connectivity index (χ1v) is 11.4. The van der Waals surface area contributed by atoms with Gasteiger partial charge in [-0.1, -0.05) is 36.4 Å². The van der Waals surface area contributed by atoms with Gasteiger partial charge in [0.05, 0.1) is 38.7 Å². The Morgan fingerprint density at radius 1 is 1.06 bits per heavy atom. The molecule has 1 amide bonds. The molecular weight excluding hydrogens is 388 g/mol. The molecule has 0 bridgehead atoms. The monoisotopic (exact) mass is 421 g/mol. The number of anilines is 1. The summed E-state index contributed by atoms with van der Waals surface area (Å²) in [5, 5.41) is 2.93. The number of ketones is 1. The summed E-state index contributed by atoms with van der Waals surface area (Å²) in [5.41, 5.74) is 2.82. The van der Waals surface area contributed by atoms with Crippen LogP contribution in [0.25, 0.3) is 0 Å². The molecule has 2 aromatic carbocycles. The molecule has 0 saturated carbocycles. The minimum absolute atomic E-state index is 0.0734. The van der Waals surface area contributed by atoms with Crippen molar-refractivity contribution in [1.82, 2.24) is 0 Å². The van der Waals surface area contributed by atoms with Crippen molar-refractivity contribution in [3.05, 3.63) is 59.7 Å². The van der Waals surface area contributed by atoms with Gasteiger partial charge in [0, 0.05) is 36.9 Å². The molecule has 2 aliphatic rings. The van der Waals surface area contributed by atoms with E-state index in [1.54, 1.807) is 6.92 Å². The van der Waals surface area contributed by atoms with E-state index in [4.69, 9.17) is 4.74 Å². The molecule has 5 nitrogen and oxygen atoms in total. The fourth-order valence-corrected chi connectivity index (χ4v) is 5.14. The summed E-state index contributed by atoms with van der Waals surface area (Å²) in [5.74, 6) is 1.25. The summed E-state index contributed by atoms with van der Waals surface area (Å²) in [6.07, 6.45) is 4.01. The highest BCUT2D eigenvalue weighted by molar-refractivity contribution is 5.94. The number of Topliss-reactive ketones (excluding diaryl/α,β-unsaturated/α-hetero) is 1. The van der Waals surface area contributed by atoms with Crippen LogP contribution < -0.4 is 10.1 Å². The van der Waals surface area contributed by atoms with Crippen LogP contribution in [-0.2, 0) is 21.4 Å². The molecule has 0 radical (unpaired) electrons. The van der Waals surface area contributed by atoms with Crippen molar-refractivity contribution in [2.75, 3.05) is 38.6 Å². The summed E-state index contributed by atoms with van der Waals surface area (Å²) < 4.78 is 7.09. The Labute approximate surface area is 185 Å². The minimum atomic E-state index is -0.330. The third-order valence-corrected chi connectivity index (χ3v) is 7.27. The van der Waals surface area contributed by atoms with Gasteiger partial charge in [-0.15, -0.1) is 0 Å². The number of nitrogens with zero attached hydrogens (tertiary/aromatic N) is 1. The van der Waals surface area contributed by atoms with Crippen molar-refractivity contribution in [2.24, 2.45) is 0 Å². The Balaban J connectivity index is 1.32. The van der Waals surface area contributed by atoms with Crippen LogP contribution >= 0.6 is 0 Å². The molecule has 2 aliphatic heterocycles. The summed E-state index contributed by atoms with van der Waals surface area (Å²) in [7, 11) is 2.30. The number of rotatable bonds is 7. The maximum absolute atomic E-state index is 12.6. The van der Waals surface area contributed by atoms with Gasteiger partial charge in [-0.2, -0.15) is 0 Å². The van der Waals surface area contributed by atoms with Gasteiger partial charge < -0.3 is 14.5 Å².